The van der Waals surface area contributed by atoms with Gasteiger partial charge in [-0.3, -0.25) is 11.6 Å². The second-order valence-electron chi connectivity index (χ2n) is 8.14. The van der Waals surface area contributed by atoms with Gasteiger partial charge < -0.3 is 4.55 Å². The lowest BCUT2D eigenvalue weighted by Crippen LogP contribution is -2.46. The van der Waals surface area contributed by atoms with E-state index in [9.17, 15) is 21.4 Å². The molecule has 10 nitrogen and oxygen atoms in total. The minimum atomic E-state index is -4.33. The minimum absolute atomic E-state index is 0.0851. The number of hydrogen-bond acceptors (Lipinski definition) is 9. The summed E-state index contributed by atoms with van der Waals surface area (Å²) in [5.74, 6) is 10.6. The van der Waals surface area contributed by atoms with E-state index in [1.165, 1.54) is 4.68 Å². The second-order valence-corrected chi connectivity index (χ2v) is 11.9. The summed E-state index contributed by atoms with van der Waals surface area (Å²) in [6.45, 7) is 10.5. The van der Waals surface area contributed by atoms with Gasteiger partial charge in [-0.15, -0.1) is 4.68 Å². The van der Waals surface area contributed by atoms with Crippen molar-refractivity contribution in [1.29, 1.82) is 0 Å². The molecule has 3 aromatic rings. The first-order chi connectivity index (χ1) is 16.4. The van der Waals surface area contributed by atoms with Crippen molar-refractivity contribution in [3.05, 3.63) is 80.4 Å². The molecule has 0 unspecified atom stereocenters. The Morgan fingerprint density at radius 1 is 0.806 bits per heavy atom. The fourth-order valence-corrected chi connectivity index (χ4v) is 5.93. The van der Waals surface area contributed by atoms with Gasteiger partial charge in [0.15, 0.2) is 0 Å². The monoisotopic (exact) mass is 602 g/mol. The molecule has 0 radical (unpaired) electrons. The average molecular weight is 604 g/mol. The first-order valence-corrected chi connectivity index (χ1v) is 14.0. The molecule has 36 heavy (non-hydrogen) atoms. The zero-order valence-electron chi connectivity index (χ0n) is 20.9. The Labute approximate surface area is 221 Å². The largest absolute Gasteiger partial charge is 0.744 e. The maximum absolute atomic E-state index is 11.4. The van der Waals surface area contributed by atoms with E-state index in [0.717, 1.165) is 15.6 Å². The zero-order valence-corrected chi connectivity index (χ0v) is 24.1. The van der Waals surface area contributed by atoms with Gasteiger partial charge in [-0.2, -0.15) is 18.6 Å². The van der Waals surface area contributed by atoms with Gasteiger partial charge in [0.2, 0.25) is 0 Å². The summed E-state index contributed by atoms with van der Waals surface area (Å²) in [4.78, 5) is 0.0729. The standard InChI is InChI=1S/C9H13NO3S.C9H12O3S.C5H6BrN3/c1-6-4-7(2)9(8(3)5-6)14(11,12)13-10;1-6-4-7(2)9(8(3)5-6)13(10,11)12;6-4-1-2-5(7)9(8)3-4/h4-5H,10H2,1-3H3;4-5H,1-3H3,(H,10,11,12);1-3,7H,8H2. The molecule has 0 saturated heterocycles. The van der Waals surface area contributed by atoms with Crippen LogP contribution in [0.4, 0.5) is 5.82 Å². The number of halogens is 1. The molecule has 0 fully saturated rings. The lowest BCUT2D eigenvalue weighted by atomic mass is 10.1. The van der Waals surface area contributed by atoms with Gasteiger partial charge in [0.05, 0.1) is 9.37 Å². The summed E-state index contributed by atoms with van der Waals surface area (Å²) in [7, 11) is -8.13. The Hall–Kier alpha value is -2.55. The fourth-order valence-electron chi connectivity index (χ4n) is 3.67. The highest BCUT2D eigenvalue weighted by Crippen LogP contribution is 2.22. The average Bonchev–Trinajstić information content (AvgIpc) is 2.69. The lowest BCUT2D eigenvalue weighted by molar-refractivity contribution is -0.624. The van der Waals surface area contributed by atoms with Gasteiger partial charge in [-0.1, -0.05) is 35.4 Å². The third-order valence-electron chi connectivity index (χ3n) is 4.81. The van der Waals surface area contributed by atoms with Crippen molar-refractivity contribution in [2.75, 3.05) is 11.6 Å². The molecule has 0 bridgehead atoms. The van der Waals surface area contributed by atoms with E-state index >= 15 is 0 Å². The predicted octanol–water partition coefficient (Wildman–Crippen LogP) is 2.74. The van der Waals surface area contributed by atoms with Crippen LogP contribution >= 0.6 is 15.9 Å². The lowest BCUT2D eigenvalue weighted by Gasteiger charge is -2.14. The number of rotatable bonds is 3. The smallest absolute Gasteiger partial charge is 0.313 e. The molecule has 0 aliphatic rings. The Morgan fingerprint density at radius 2 is 1.19 bits per heavy atom. The molecule has 0 aliphatic heterocycles. The topological polar surface area (TPSA) is 183 Å². The van der Waals surface area contributed by atoms with Crippen molar-refractivity contribution in [3.63, 3.8) is 0 Å². The summed E-state index contributed by atoms with van der Waals surface area (Å²) in [5.41, 5.74) is 9.71. The van der Waals surface area contributed by atoms with Crippen molar-refractivity contribution in [2.24, 2.45) is 5.90 Å². The van der Waals surface area contributed by atoms with Crippen LogP contribution in [0.5, 0.6) is 0 Å². The van der Waals surface area contributed by atoms with E-state index in [4.69, 9.17) is 17.5 Å². The minimum Gasteiger partial charge on any atom is -0.744 e. The number of nitrogens with zero attached hydrogens (tertiary/aromatic N) is 1. The SMILES string of the molecule is Cc1cc(C)c(S(=O)(=O)ON)c(C)c1.Cc1cc(C)c(S(=O)(=O)[O-])c(C)c1.Nc1ccc(Br)c[n+]1N. The van der Waals surface area contributed by atoms with Crippen molar-refractivity contribution in [2.45, 2.75) is 51.3 Å². The van der Waals surface area contributed by atoms with Crippen LogP contribution in [0, 0.1) is 41.5 Å². The van der Waals surface area contributed by atoms with Gasteiger partial charge in [0, 0.05) is 6.07 Å². The molecular formula is C23H31BrN4O6S2. The normalized spacial score (nSPS) is 11.1. The van der Waals surface area contributed by atoms with Crippen LogP contribution in [0.15, 0.2) is 56.9 Å². The first-order valence-electron chi connectivity index (χ1n) is 10.4. The summed E-state index contributed by atoms with van der Waals surface area (Å²) in [5, 5.41) is 0. The number of pyridine rings is 1. The number of nitrogens with two attached hydrogens (primary N) is 3. The highest BCUT2D eigenvalue weighted by molar-refractivity contribution is 9.10. The maximum atomic E-state index is 11.4. The van der Waals surface area contributed by atoms with Crippen LogP contribution in [0.2, 0.25) is 0 Å². The van der Waals surface area contributed by atoms with Crippen molar-refractivity contribution >= 4 is 42.0 Å². The quantitative estimate of drug-likeness (QED) is 0.175. The van der Waals surface area contributed by atoms with Crippen LogP contribution in [-0.4, -0.2) is 21.4 Å². The number of hydrogen-bond donors (Lipinski definition) is 3. The molecule has 3 rings (SSSR count). The molecule has 0 atom stereocenters. The van der Waals surface area contributed by atoms with Crippen LogP contribution in [0.1, 0.15) is 33.4 Å². The van der Waals surface area contributed by atoms with Gasteiger partial charge in [-0.25, -0.2) is 8.42 Å². The summed E-state index contributed by atoms with van der Waals surface area (Å²) in [6.07, 6.45) is 1.69. The highest BCUT2D eigenvalue weighted by atomic mass is 79.9. The van der Waals surface area contributed by atoms with Crippen LogP contribution < -0.4 is 22.1 Å². The molecule has 198 valence electrons. The van der Waals surface area contributed by atoms with Gasteiger partial charge in [0.1, 0.15) is 21.2 Å². The number of aryl methyl sites for hydroxylation is 6. The Balaban J connectivity index is 0.000000276. The van der Waals surface area contributed by atoms with E-state index in [1.54, 1.807) is 64.2 Å². The summed E-state index contributed by atoms with van der Waals surface area (Å²) in [6, 6.07) is 10.5. The number of aromatic nitrogens is 1. The number of nitrogen functional groups attached to an aromatic ring is 2. The Bertz CT molecular complexity index is 1410. The van der Waals surface area contributed by atoms with Crippen molar-refractivity contribution in [3.8, 4) is 0 Å². The molecular weight excluding hydrogens is 572 g/mol. The highest BCUT2D eigenvalue weighted by Gasteiger charge is 2.19. The van der Waals surface area contributed by atoms with E-state index in [-0.39, 0.29) is 9.79 Å². The molecule has 0 spiro atoms. The summed E-state index contributed by atoms with van der Waals surface area (Å²) < 4.78 is 61.6. The number of anilines is 1. The fraction of sp³-hybridized carbons (Fsp3) is 0.261. The van der Waals surface area contributed by atoms with Crippen molar-refractivity contribution < 1.29 is 30.3 Å². The Morgan fingerprint density at radius 3 is 1.50 bits per heavy atom. The predicted molar refractivity (Wildman–Crippen MR) is 141 cm³/mol. The molecule has 13 heteroatoms. The molecule has 1 aromatic heterocycles. The van der Waals surface area contributed by atoms with Crippen molar-refractivity contribution in [1.82, 2.24) is 0 Å². The van der Waals surface area contributed by atoms with E-state index < -0.39 is 20.2 Å². The molecule has 0 aliphatic carbocycles. The zero-order chi connectivity index (χ0) is 28.0. The van der Waals surface area contributed by atoms with Crippen LogP contribution in [0.25, 0.3) is 0 Å². The third kappa shape index (κ3) is 8.84. The van der Waals surface area contributed by atoms with E-state index in [2.05, 4.69) is 20.2 Å². The third-order valence-corrected chi connectivity index (χ3v) is 7.82. The van der Waals surface area contributed by atoms with E-state index in [1.807, 2.05) is 19.9 Å². The maximum Gasteiger partial charge on any atom is 0.313 e. The molecule has 0 amide bonds. The summed E-state index contributed by atoms with van der Waals surface area (Å²) >= 11 is 3.24. The second kappa shape index (κ2) is 12.6. The first kappa shape index (κ1) is 31.5. The Kier molecular flexibility index (Phi) is 11.0. The molecule has 2 aromatic carbocycles. The van der Waals surface area contributed by atoms with E-state index in [0.29, 0.717) is 28.1 Å². The van der Waals surface area contributed by atoms with Crippen LogP contribution in [-0.2, 0) is 24.5 Å². The molecule has 6 N–H and O–H groups in total. The molecule has 0 saturated carbocycles. The molecule has 1 heterocycles. The van der Waals surface area contributed by atoms with Gasteiger partial charge >= 0.3 is 10.1 Å². The number of benzene rings is 2. The van der Waals surface area contributed by atoms with Gasteiger partial charge in [-0.05, 0) is 85.8 Å². The van der Waals surface area contributed by atoms with Gasteiger partial charge in [0.25, 0.3) is 5.82 Å². The van der Waals surface area contributed by atoms with Crippen LogP contribution in [0.3, 0.4) is 0 Å².